The van der Waals surface area contributed by atoms with Crippen molar-refractivity contribution in [1.82, 2.24) is 15.0 Å². The highest BCUT2D eigenvalue weighted by Crippen LogP contribution is 2.16. The molecular weight excluding hydrogens is 290 g/mol. The third-order valence-corrected chi connectivity index (χ3v) is 3.28. The molecule has 1 aromatic carbocycles. The Labute approximate surface area is 113 Å². The van der Waals surface area contributed by atoms with Crippen LogP contribution in [0.5, 0.6) is 0 Å². The van der Waals surface area contributed by atoms with Crippen LogP contribution in [0.1, 0.15) is 17.0 Å². The molecule has 2 heterocycles. The van der Waals surface area contributed by atoms with Crippen LogP contribution in [0.25, 0.3) is 11.2 Å². The summed E-state index contributed by atoms with van der Waals surface area (Å²) >= 11 is 3.40. The summed E-state index contributed by atoms with van der Waals surface area (Å²) in [7, 11) is 0. The Balaban J connectivity index is 1.92. The number of nitrogens with zero attached hydrogens (tertiary/aromatic N) is 2. The minimum Gasteiger partial charge on any atom is -0.326 e. The summed E-state index contributed by atoms with van der Waals surface area (Å²) in [5, 5.41) is 0. The molecule has 0 saturated carbocycles. The molecule has 2 aromatic heterocycles. The smallest absolute Gasteiger partial charge is 0.157 e. The molecule has 3 nitrogen and oxygen atoms in total. The Morgan fingerprint density at radius 2 is 2.00 bits per heavy atom. The van der Waals surface area contributed by atoms with Crippen LogP contribution in [0.15, 0.2) is 41.0 Å². The number of fused-ring (bicyclic) bond motifs is 1. The van der Waals surface area contributed by atoms with Crippen LogP contribution in [0, 0.1) is 6.92 Å². The van der Waals surface area contributed by atoms with Crippen molar-refractivity contribution in [2.45, 2.75) is 13.3 Å². The zero-order valence-electron chi connectivity index (χ0n) is 9.94. The summed E-state index contributed by atoms with van der Waals surface area (Å²) in [6, 6.07) is 10.5. The first-order valence-electron chi connectivity index (χ1n) is 5.76. The highest BCUT2D eigenvalue weighted by molar-refractivity contribution is 9.10. The van der Waals surface area contributed by atoms with Crippen molar-refractivity contribution in [2.24, 2.45) is 0 Å². The van der Waals surface area contributed by atoms with Gasteiger partial charge in [-0.05, 0) is 34.5 Å². The molecule has 3 aromatic rings. The van der Waals surface area contributed by atoms with Crippen molar-refractivity contribution in [3.63, 3.8) is 0 Å². The fraction of sp³-hybridized carbons (Fsp3) is 0.143. The second kappa shape index (κ2) is 4.53. The van der Waals surface area contributed by atoms with Crippen LogP contribution >= 0.6 is 15.9 Å². The van der Waals surface area contributed by atoms with Gasteiger partial charge in [0.05, 0.1) is 0 Å². The first kappa shape index (κ1) is 11.4. The molecule has 0 amide bonds. The molecule has 1 N–H and O–H groups in total. The van der Waals surface area contributed by atoms with Crippen LogP contribution in [0.4, 0.5) is 0 Å². The highest BCUT2D eigenvalue weighted by atomic mass is 79.9. The van der Waals surface area contributed by atoms with Crippen molar-refractivity contribution in [3.8, 4) is 0 Å². The van der Waals surface area contributed by atoms with Gasteiger partial charge < -0.3 is 4.98 Å². The molecule has 0 spiro atoms. The summed E-state index contributed by atoms with van der Waals surface area (Å²) in [5.41, 5.74) is 4.25. The molecule has 0 saturated heterocycles. The summed E-state index contributed by atoms with van der Waals surface area (Å²) in [6.07, 6.45) is 2.57. The Morgan fingerprint density at radius 3 is 2.78 bits per heavy atom. The lowest BCUT2D eigenvalue weighted by atomic mass is 10.1. The van der Waals surface area contributed by atoms with Gasteiger partial charge in [-0.15, -0.1) is 0 Å². The standard InChI is InChI=1S/C14H12BrN3/c1-9-2-4-10(5-3-9)6-13-17-12-7-11(15)8-16-14(12)18-13/h2-5,7-8H,6H2,1H3,(H,16,17,18). The largest absolute Gasteiger partial charge is 0.326 e. The van der Waals surface area contributed by atoms with Gasteiger partial charge in [-0.3, -0.25) is 0 Å². The third-order valence-electron chi connectivity index (χ3n) is 2.84. The minimum atomic E-state index is 0.800. The van der Waals surface area contributed by atoms with Crippen molar-refractivity contribution in [3.05, 3.63) is 58.0 Å². The number of hydrogen-bond donors (Lipinski definition) is 1. The average Bonchev–Trinajstić information content (AvgIpc) is 2.73. The number of nitrogens with one attached hydrogen (secondary N) is 1. The van der Waals surface area contributed by atoms with Gasteiger partial charge in [-0.2, -0.15) is 0 Å². The lowest BCUT2D eigenvalue weighted by molar-refractivity contribution is 1.03. The maximum Gasteiger partial charge on any atom is 0.157 e. The molecule has 90 valence electrons. The minimum absolute atomic E-state index is 0.800. The fourth-order valence-corrected chi connectivity index (χ4v) is 2.22. The van der Waals surface area contributed by atoms with E-state index in [9.17, 15) is 0 Å². The highest BCUT2D eigenvalue weighted by Gasteiger charge is 2.05. The number of H-pyrrole nitrogens is 1. The molecule has 0 bridgehead atoms. The number of pyridine rings is 1. The van der Waals surface area contributed by atoms with E-state index in [-0.39, 0.29) is 0 Å². The monoisotopic (exact) mass is 301 g/mol. The van der Waals surface area contributed by atoms with Crippen molar-refractivity contribution in [1.29, 1.82) is 0 Å². The van der Waals surface area contributed by atoms with Crippen LogP contribution in [0.2, 0.25) is 0 Å². The van der Waals surface area contributed by atoms with E-state index in [0.717, 1.165) is 27.9 Å². The zero-order valence-corrected chi connectivity index (χ0v) is 11.5. The number of benzene rings is 1. The molecule has 3 rings (SSSR count). The van der Waals surface area contributed by atoms with E-state index in [0.29, 0.717) is 0 Å². The van der Waals surface area contributed by atoms with Gasteiger partial charge in [-0.1, -0.05) is 29.8 Å². The van der Waals surface area contributed by atoms with Crippen LogP contribution < -0.4 is 0 Å². The molecule has 0 unspecified atom stereocenters. The summed E-state index contributed by atoms with van der Waals surface area (Å²) in [4.78, 5) is 12.1. The number of aryl methyl sites for hydroxylation is 1. The Bertz CT molecular complexity index is 686. The predicted octanol–water partition coefficient (Wildman–Crippen LogP) is 3.62. The number of rotatable bonds is 2. The number of imidazole rings is 1. The number of halogens is 1. The normalized spacial score (nSPS) is 11.0. The quantitative estimate of drug-likeness (QED) is 0.785. The van der Waals surface area contributed by atoms with E-state index < -0.39 is 0 Å². The Kier molecular flexibility index (Phi) is 2.88. The summed E-state index contributed by atoms with van der Waals surface area (Å²) < 4.78 is 0.948. The molecule has 0 aliphatic rings. The molecule has 0 radical (unpaired) electrons. The van der Waals surface area contributed by atoms with Gasteiger partial charge in [0.25, 0.3) is 0 Å². The maximum atomic E-state index is 4.54. The Morgan fingerprint density at radius 1 is 1.22 bits per heavy atom. The number of aromatic amines is 1. The van der Waals surface area contributed by atoms with Crippen LogP contribution in [-0.4, -0.2) is 15.0 Å². The Hall–Kier alpha value is -1.68. The van der Waals surface area contributed by atoms with Crippen LogP contribution in [0.3, 0.4) is 0 Å². The van der Waals surface area contributed by atoms with Gasteiger partial charge in [0.2, 0.25) is 0 Å². The topological polar surface area (TPSA) is 41.6 Å². The maximum absolute atomic E-state index is 4.54. The van der Waals surface area contributed by atoms with Gasteiger partial charge in [-0.25, -0.2) is 9.97 Å². The lowest BCUT2D eigenvalue weighted by Gasteiger charge is -1.98. The fourth-order valence-electron chi connectivity index (χ4n) is 1.90. The van der Waals surface area contributed by atoms with E-state index in [2.05, 4.69) is 62.1 Å². The van der Waals surface area contributed by atoms with E-state index in [1.165, 1.54) is 11.1 Å². The third kappa shape index (κ3) is 2.29. The van der Waals surface area contributed by atoms with Gasteiger partial charge in [0.15, 0.2) is 5.65 Å². The second-order valence-electron chi connectivity index (χ2n) is 4.37. The molecule has 0 aliphatic carbocycles. The van der Waals surface area contributed by atoms with E-state index in [1.54, 1.807) is 6.20 Å². The summed E-state index contributed by atoms with van der Waals surface area (Å²) in [5.74, 6) is 0.944. The van der Waals surface area contributed by atoms with Gasteiger partial charge >= 0.3 is 0 Å². The predicted molar refractivity (Wildman–Crippen MR) is 75.6 cm³/mol. The van der Waals surface area contributed by atoms with Crippen molar-refractivity contribution >= 4 is 27.1 Å². The van der Waals surface area contributed by atoms with Gasteiger partial charge in [0, 0.05) is 17.1 Å². The summed E-state index contributed by atoms with van der Waals surface area (Å²) in [6.45, 7) is 2.09. The first-order chi connectivity index (χ1) is 8.70. The van der Waals surface area contributed by atoms with E-state index in [4.69, 9.17) is 0 Å². The lowest BCUT2D eigenvalue weighted by Crippen LogP contribution is -1.90. The van der Waals surface area contributed by atoms with Crippen molar-refractivity contribution < 1.29 is 0 Å². The molecule has 4 heteroatoms. The molecular formula is C14H12BrN3. The first-order valence-corrected chi connectivity index (χ1v) is 6.56. The zero-order chi connectivity index (χ0) is 12.5. The molecule has 0 fully saturated rings. The van der Waals surface area contributed by atoms with Crippen molar-refractivity contribution in [2.75, 3.05) is 0 Å². The molecule has 0 aliphatic heterocycles. The van der Waals surface area contributed by atoms with E-state index in [1.807, 2.05) is 6.07 Å². The molecule has 0 atom stereocenters. The number of hydrogen-bond acceptors (Lipinski definition) is 2. The SMILES string of the molecule is Cc1ccc(Cc2nc3cc(Br)cnc3[nH]2)cc1. The molecule has 18 heavy (non-hydrogen) atoms. The van der Waals surface area contributed by atoms with E-state index >= 15 is 0 Å². The van der Waals surface area contributed by atoms with Gasteiger partial charge in [0.1, 0.15) is 11.3 Å². The second-order valence-corrected chi connectivity index (χ2v) is 5.28. The van der Waals surface area contributed by atoms with Crippen LogP contribution in [-0.2, 0) is 6.42 Å². The average molecular weight is 302 g/mol. The number of aromatic nitrogens is 3.